The topological polar surface area (TPSA) is 83.3 Å². The molecule has 0 unspecified atom stereocenters. The third-order valence-corrected chi connectivity index (χ3v) is 4.17. The van der Waals surface area contributed by atoms with Gasteiger partial charge in [0, 0.05) is 39.0 Å². The Labute approximate surface area is 107 Å². The Morgan fingerprint density at radius 3 is 2.83 bits per heavy atom. The average Bonchev–Trinajstić information content (AvgIpc) is 2.39. The standard InChI is InChI=1S/C11H15N3O3S/c1-17-9-8-14(7-3-5-12)18(15,16)11-4-2-6-13-10-11/h2,4,6,10H,3,7-9H2,1H3. The van der Waals surface area contributed by atoms with Crippen LogP contribution in [0.5, 0.6) is 0 Å². The summed E-state index contributed by atoms with van der Waals surface area (Å²) in [6, 6.07) is 4.98. The average molecular weight is 269 g/mol. The van der Waals surface area contributed by atoms with E-state index in [0.29, 0.717) is 0 Å². The zero-order valence-corrected chi connectivity index (χ0v) is 10.9. The van der Waals surface area contributed by atoms with E-state index in [1.54, 1.807) is 6.07 Å². The van der Waals surface area contributed by atoms with Gasteiger partial charge in [-0.05, 0) is 12.1 Å². The summed E-state index contributed by atoms with van der Waals surface area (Å²) in [5.74, 6) is 0. The molecule has 0 atom stereocenters. The number of hydrogen-bond donors (Lipinski definition) is 0. The Bertz CT molecular complexity index is 496. The van der Waals surface area contributed by atoms with Crippen molar-refractivity contribution in [3.05, 3.63) is 24.5 Å². The van der Waals surface area contributed by atoms with Crippen molar-refractivity contribution in [1.82, 2.24) is 9.29 Å². The summed E-state index contributed by atoms with van der Waals surface area (Å²) in [5.41, 5.74) is 0. The summed E-state index contributed by atoms with van der Waals surface area (Å²) in [7, 11) is -2.11. The lowest BCUT2D eigenvalue weighted by molar-refractivity contribution is 0.179. The normalized spacial score (nSPS) is 11.4. The summed E-state index contributed by atoms with van der Waals surface area (Å²) >= 11 is 0. The van der Waals surface area contributed by atoms with Crippen LogP contribution in [-0.2, 0) is 14.8 Å². The van der Waals surface area contributed by atoms with E-state index in [2.05, 4.69) is 4.98 Å². The van der Waals surface area contributed by atoms with Gasteiger partial charge in [0.1, 0.15) is 4.90 Å². The zero-order chi connectivity index (χ0) is 13.4. The number of pyridine rings is 1. The largest absolute Gasteiger partial charge is 0.383 e. The van der Waals surface area contributed by atoms with Crippen molar-refractivity contribution in [2.24, 2.45) is 0 Å². The lowest BCUT2D eigenvalue weighted by atomic mass is 10.4. The fourth-order valence-electron chi connectivity index (χ4n) is 1.37. The monoisotopic (exact) mass is 269 g/mol. The molecule has 1 aromatic heterocycles. The van der Waals surface area contributed by atoms with E-state index in [9.17, 15) is 8.42 Å². The predicted octanol–water partition coefficient (Wildman–Crippen LogP) is 0.632. The molecule has 6 nitrogen and oxygen atoms in total. The maximum absolute atomic E-state index is 12.3. The molecular formula is C11H15N3O3S. The molecule has 0 aliphatic rings. The SMILES string of the molecule is COCCN(CCC#N)S(=O)(=O)c1cccnc1. The van der Waals surface area contributed by atoms with Gasteiger partial charge in [-0.2, -0.15) is 9.57 Å². The molecule has 1 aromatic rings. The second-order valence-corrected chi connectivity index (χ2v) is 5.43. The van der Waals surface area contributed by atoms with Gasteiger partial charge in [-0.1, -0.05) is 0 Å². The molecule has 0 N–H and O–H groups in total. The van der Waals surface area contributed by atoms with E-state index in [1.807, 2.05) is 6.07 Å². The first kappa shape index (κ1) is 14.6. The van der Waals surface area contributed by atoms with Crippen LogP contribution in [0, 0.1) is 11.3 Å². The molecule has 98 valence electrons. The molecule has 18 heavy (non-hydrogen) atoms. The van der Waals surface area contributed by atoms with Gasteiger partial charge in [0.25, 0.3) is 0 Å². The first-order chi connectivity index (χ1) is 8.62. The lowest BCUT2D eigenvalue weighted by Crippen LogP contribution is -2.34. The van der Waals surface area contributed by atoms with Gasteiger partial charge in [-0.25, -0.2) is 8.42 Å². The highest BCUT2D eigenvalue weighted by Crippen LogP contribution is 2.14. The Balaban J connectivity index is 2.93. The van der Waals surface area contributed by atoms with Crippen molar-refractivity contribution < 1.29 is 13.2 Å². The van der Waals surface area contributed by atoms with Crippen LogP contribution in [0.4, 0.5) is 0 Å². The fourth-order valence-corrected chi connectivity index (χ4v) is 2.76. The number of ether oxygens (including phenoxy) is 1. The molecule has 0 amide bonds. The van der Waals surface area contributed by atoms with Crippen molar-refractivity contribution in [3.63, 3.8) is 0 Å². The predicted molar refractivity (Wildman–Crippen MR) is 65.1 cm³/mol. The van der Waals surface area contributed by atoms with Crippen LogP contribution in [0.3, 0.4) is 0 Å². The molecule has 0 aromatic carbocycles. The van der Waals surface area contributed by atoms with E-state index in [-0.39, 0.29) is 31.0 Å². The highest BCUT2D eigenvalue weighted by atomic mass is 32.2. The summed E-state index contributed by atoms with van der Waals surface area (Å²) in [4.78, 5) is 3.92. The maximum atomic E-state index is 12.3. The first-order valence-corrected chi connectivity index (χ1v) is 6.83. The van der Waals surface area contributed by atoms with E-state index in [4.69, 9.17) is 10.00 Å². The second kappa shape index (κ2) is 7.06. The van der Waals surface area contributed by atoms with Crippen LogP contribution < -0.4 is 0 Å². The molecular weight excluding hydrogens is 254 g/mol. The number of nitriles is 1. The van der Waals surface area contributed by atoms with Crippen LogP contribution in [0.2, 0.25) is 0 Å². The molecule has 0 radical (unpaired) electrons. The van der Waals surface area contributed by atoms with Crippen molar-refractivity contribution >= 4 is 10.0 Å². The van der Waals surface area contributed by atoms with Gasteiger partial charge in [0.2, 0.25) is 10.0 Å². The fraction of sp³-hybridized carbons (Fsp3) is 0.455. The molecule has 7 heteroatoms. The number of hydrogen-bond acceptors (Lipinski definition) is 5. The van der Waals surface area contributed by atoms with Crippen LogP contribution in [0.25, 0.3) is 0 Å². The first-order valence-electron chi connectivity index (χ1n) is 5.39. The number of nitrogens with zero attached hydrogens (tertiary/aromatic N) is 3. The molecule has 0 fully saturated rings. The van der Waals surface area contributed by atoms with Gasteiger partial charge < -0.3 is 4.74 Å². The van der Waals surface area contributed by atoms with Gasteiger partial charge >= 0.3 is 0 Å². The Hall–Kier alpha value is -1.49. The Kier molecular flexibility index (Phi) is 5.71. The van der Waals surface area contributed by atoms with Gasteiger partial charge in [0.05, 0.1) is 12.7 Å². The van der Waals surface area contributed by atoms with Gasteiger partial charge in [-0.15, -0.1) is 0 Å². The van der Waals surface area contributed by atoms with Crippen LogP contribution >= 0.6 is 0 Å². The van der Waals surface area contributed by atoms with Gasteiger partial charge in [-0.3, -0.25) is 4.98 Å². The van der Waals surface area contributed by atoms with Crippen molar-refractivity contribution in [2.75, 3.05) is 26.8 Å². The molecule has 0 aliphatic carbocycles. The minimum Gasteiger partial charge on any atom is -0.383 e. The molecule has 0 saturated carbocycles. The number of methoxy groups -OCH3 is 1. The highest BCUT2D eigenvalue weighted by molar-refractivity contribution is 7.89. The third kappa shape index (κ3) is 3.77. The Morgan fingerprint density at radius 1 is 1.50 bits per heavy atom. The van der Waals surface area contributed by atoms with Crippen LogP contribution in [0.1, 0.15) is 6.42 Å². The van der Waals surface area contributed by atoms with E-state index in [1.165, 1.54) is 29.9 Å². The Morgan fingerprint density at radius 2 is 2.28 bits per heavy atom. The maximum Gasteiger partial charge on any atom is 0.244 e. The summed E-state index contributed by atoms with van der Waals surface area (Å²) in [6.07, 6.45) is 2.94. The van der Waals surface area contributed by atoms with E-state index in [0.717, 1.165) is 0 Å². The molecule has 1 heterocycles. The summed E-state index contributed by atoms with van der Waals surface area (Å²) in [5, 5.41) is 8.56. The van der Waals surface area contributed by atoms with Crippen molar-refractivity contribution in [2.45, 2.75) is 11.3 Å². The third-order valence-electron chi connectivity index (χ3n) is 2.29. The number of aromatic nitrogens is 1. The molecule has 1 rings (SSSR count). The van der Waals surface area contributed by atoms with Crippen LogP contribution in [-0.4, -0.2) is 44.5 Å². The minimum atomic E-state index is -3.61. The van der Waals surface area contributed by atoms with Crippen molar-refractivity contribution in [1.29, 1.82) is 5.26 Å². The molecule has 0 aliphatic heterocycles. The van der Waals surface area contributed by atoms with Crippen LogP contribution in [0.15, 0.2) is 29.4 Å². The van der Waals surface area contributed by atoms with E-state index >= 15 is 0 Å². The summed E-state index contributed by atoms with van der Waals surface area (Å²) < 4.78 is 30.6. The smallest absolute Gasteiger partial charge is 0.244 e. The second-order valence-electron chi connectivity index (χ2n) is 3.49. The highest BCUT2D eigenvalue weighted by Gasteiger charge is 2.23. The quantitative estimate of drug-likeness (QED) is 0.725. The number of sulfonamides is 1. The zero-order valence-electron chi connectivity index (χ0n) is 10.1. The minimum absolute atomic E-state index is 0.124. The number of rotatable bonds is 7. The molecule has 0 bridgehead atoms. The van der Waals surface area contributed by atoms with E-state index < -0.39 is 10.0 Å². The van der Waals surface area contributed by atoms with Gasteiger partial charge in [0.15, 0.2) is 0 Å². The summed E-state index contributed by atoms with van der Waals surface area (Å²) in [6.45, 7) is 0.650. The molecule has 0 spiro atoms. The molecule has 0 saturated heterocycles. The lowest BCUT2D eigenvalue weighted by Gasteiger charge is -2.20. The van der Waals surface area contributed by atoms with Crippen molar-refractivity contribution in [3.8, 4) is 6.07 Å².